The smallest absolute Gasteiger partial charge is 0.340 e. The van der Waals surface area contributed by atoms with Crippen LogP contribution in [-0.2, 0) is 9.53 Å². The first kappa shape index (κ1) is 17.5. The molecule has 120 valence electrons. The van der Waals surface area contributed by atoms with Crippen molar-refractivity contribution < 1.29 is 14.3 Å². The molecule has 1 N–H and O–H groups in total. The molecule has 0 unspecified atom stereocenters. The molecule has 5 nitrogen and oxygen atoms in total. The Bertz CT molecular complexity index is 667. The number of nitrogens with zero attached hydrogens (tertiary/aromatic N) is 1. The fraction of sp³-hybridized carbons (Fsp3) is 0.188. The molecule has 0 aliphatic rings. The fourth-order valence-electron chi connectivity index (χ4n) is 1.67. The number of thioether (sulfide) groups is 1. The summed E-state index contributed by atoms with van der Waals surface area (Å²) in [6.07, 6.45) is 2.95. The highest BCUT2D eigenvalue weighted by molar-refractivity contribution is 9.10. The van der Waals surface area contributed by atoms with E-state index in [1.807, 2.05) is 30.3 Å². The molecule has 1 aromatic heterocycles. The summed E-state index contributed by atoms with van der Waals surface area (Å²) in [6.45, 7) is 0.204. The molecule has 0 bridgehead atoms. The molecule has 0 radical (unpaired) electrons. The molecule has 0 aliphatic heterocycles. The third kappa shape index (κ3) is 6.42. The summed E-state index contributed by atoms with van der Waals surface area (Å²) >= 11 is 4.87. The van der Waals surface area contributed by atoms with Crippen molar-refractivity contribution >= 4 is 39.6 Å². The largest absolute Gasteiger partial charge is 0.452 e. The Labute approximate surface area is 147 Å². The summed E-state index contributed by atoms with van der Waals surface area (Å²) in [6, 6.07) is 11.5. The highest BCUT2D eigenvalue weighted by Gasteiger charge is 2.10. The molecule has 0 atom stereocenters. The van der Waals surface area contributed by atoms with Crippen molar-refractivity contribution in [2.75, 3.05) is 18.9 Å². The molecule has 2 rings (SSSR count). The highest BCUT2D eigenvalue weighted by atomic mass is 79.9. The van der Waals surface area contributed by atoms with Crippen molar-refractivity contribution in [1.29, 1.82) is 0 Å². The van der Waals surface area contributed by atoms with Crippen LogP contribution in [0.1, 0.15) is 10.4 Å². The summed E-state index contributed by atoms with van der Waals surface area (Å²) in [5.41, 5.74) is 0.298. The minimum Gasteiger partial charge on any atom is -0.452 e. The van der Waals surface area contributed by atoms with E-state index in [2.05, 4.69) is 26.2 Å². The number of pyridine rings is 1. The number of esters is 1. The molecule has 0 spiro atoms. The van der Waals surface area contributed by atoms with Crippen LogP contribution in [0.5, 0.6) is 0 Å². The third-order valence-electron chi connectivity index (χ3n) is 2.71. The maximum atomic E-state index is 11.7. The fourth-order valence-corrected chi connectivity index (χ4v) is 2.82. The summed E-state index contributed by atoms with van der Waals surface area (Å²) in [4.78, 5) is 28.4. The average Bonchev–Trinajstić information content (AvgIpc) is 2.57. The van der Waals surface area contributed by atoms with Crippen LogP contribution in [0.15, 0.2) is 58.2 Å². The lowest BCUT2D eigenvalue weighted by Crippen LogP contribution is -2.30. The monoisotopic (exact) mass is 394 g/mol. The summed E-state index contributed by atoms with van der Waals surface area (Å²) < 4.78 is 5.62. The summed E-state index contributed by atoms with van der Waals surface area (Å²) in [5, 5.41) is 2.71. The maximum absolute atomic E-state index is 11.7. The number of hydrogen-bond acceptors (Lipinski definition) is 5. The number of benzene rings is 1. The Balaban J connectivity index is 1.64. The summed E-state index contributed by atoms with van der Waals surface area (Å²) in [5.74, 6) is -0.151. The van der Waals surface area contributed by atoms with Crippen LogP contribution in [0, 0.1) is 0 Å². The number of rotatable bonds is 7. The molecular weight excluding hydrogens is 380 g/mol. The van der Waals surface area contributed by atoms with Crippen molar-refractivity contribution in [2.45, 2.75) is 4.90 Å². The van der Waals surface area contributed by atoms with Gasteiger partial charge in [0.15, 0.2) is 6.61 Å². The second-order valence-electron chi connectivity index (χ2n) is 4.48. The molecule has 1 aromatic carbocycles. The molecule has 23 heavy (non-hydrogen) atoms. The molecule has 2 aromatic rings. The molecule has 1 heterocycles. The Morgan fingerprint density at radius 2 is 2.00 bits per heavy atom. The van der Waals surface area contributed by atoms with Gasteiger partial charge in [-0.25, -0.2) is 4.79 Å². The predicted molar refractivity (Wildman–Crippen MR) is 92.4 cm³/mol. The minimum atomic E-state index is -0.576. The predicted octanol–water partition coefficient (Wildman–Crippen LogP) is 2.91. The van der Waals surface area contributed by atoms with Gasteiger partial charge in [-0.05, 0) is 34.1 Å². The van der Waals surface area contributed by atoms with Crippen molar-refractivity contribution in [1.82, 2.24) is 10.3 Å². The van der Waals surface area contributed by atoms with Crippen LogP contribution in [-0.4, -0.2) is 35.8 Å². The van der Waals surface area contributed by atoms with Crippen molar-refractivity contribution in [3.8, 4) is 0 Å². The van der Waals surface area contributed by atoms with E-state index in [1.165, 1.54) is 6.20 Å². The number of carbonyl (C=O) groups excluding carboxylic acids is 2. The van der Waals surface area contributed by atoms with Gasteiger partial charge in [-0.3, -0.25) is 9.78 Å². The van der Waals surface area contributed by atoms with Gasteiger partial charge in [0, 0.05) is 34.1 Å². The SMILES string of the molecule is O=C(COC(=O)c1cncc(Br)c1)NCCSc1ccccc1. The zero-order valence-corrected chi connectivity index (χ0v) is 14.6. The number of nitrogens with one attached hydrogen (secondary N) is 1. The average molecular weight is 395 g/mol. The van der Waals surface area contributed by atoms with Gasteiger partial charge < -0.3 is 10.1 Å². The third-order valence-corrected chi connectivity index (χ3v) is 4.16. The Morgan fingerprint density at radius 1 is 1.22 bits per heavy atom. The van der Waals surface area contributed by atoms with E-state index in [4.69, 9.17) is 4.74 Å². The summed E-state index contributed by atoms with van der Waals surface area (Å²) in [7, 11) is 0. The van der Waals surface area contributed by atoms with Gasteiger partial charge in [-0.1, -0.05) is 18.2 Å². The van der Waals surface area contributed by atoms with Crippen LogP contribution in [0.25, 0.3) is 0 Å². The van der Waals surface area contributed by atoms with Crippen molar-refractivity contribution in [3.63, 3.8) is 0 Å². The zero-order valence-electron chi connectivity index (χ0n) is 12.2. The van der Waals surface area contributed by atoms with E-state index in [0.29, 0.717) is 16.6 Å². The Kier molecular flexibility index (Phi) is 7.09. The Hall–Kier alpha value is -1.86. The quantitative estimate of drug-likeness (QED) is 0.444. The van der Waals surface area contributed by atoms with Gasteiger partial charge in [0.2, 0.25) is 0 Å². The van der Waals surface area contributed by atoms with Crippen molar-refractivity contribution in [2.24, 2.45) is 0 Å². The zero-order chi connectivity index (χ0) is 16.5. The van der Waals surface area contributed by atoms with Crippen LogP contribution in [0.3, 0.4) is 0 Å². The second kappa shape index (κ2) is 9.32. The van der Waals surface area contributed by atoms with Gasteiger partial charge in [-0.2, -0.15) is 0 Å². The lowest BCUT2D eigenvalue weighted by Gasteiger charge is -2.06. The van der Waals surface area contributed by atoms with Crippen LogP contribution >= 0.6 is 27.7 Å². The van der Waals surface area contributed by atoms with Gasteiger partial charge >= 0.3 is 5.97 Å². The normalized spacial score (nSPS) is 10.1. The molecule has 0 fully saturated rings. The van der Waals surface area contributed by atoms with E-state index in [1.54, 1.807) is 24.0 Å². The molecule has 0 saturated heterocycles. The van der Waals surface area contributed by atoms with Gasteiger partial charge in [0.1, 0.15) is 0 Å². The lowest BCUT2D eigenvalue weighted by atomic mass is 10.3. The lowest BCUT2D eigenvalue weighted by molar-refractivity contribution is -0.124. The van der Waals surface area contributed by atoms with E-state index < -0.39 is 5.97 Å². The highest BCUT2D eigenvalue weighted by Crippen LogP contribution is 2.15. The first-order valence-electron chi connectivity index (χ1n) is 6.87. The standard InChI is InChI=1S/C16H15BrN2O3S/c17-13-8-12(9-18-10-13)16(21)22-11-15(20)19-6-7-23-14-4-2-1-3-5-14/h1-5,8-10H,6-7,11H2,(H,19,20). The molecule has 0 saturated carbocycles. The molecule has 7 heteroatoms. The first-order chi connectivity index (χ1) is 11.1. The van der Waals surface area contributed by atoms with E-state index in [-0.39, 0.29) is 12.5 Å². The number of ether oxygens (including phenoxy) is 1. The second-order valence-corrected chi connectivity index (χ2v) is 6.56. The van der Waals surface area contributed by atoms with Crippen LogP contribution < -0.4 is 5.32 Å². The number of amides is 1. The number of halogens is 1. The number of aromatic nitrogens is 1. The van der Waals surface area contributed by atoms with Gasteiger partial charge in [0.25, 0.3) is 5.91 Å². The molecule has 1 amide bonds. The van der Waals surface area contributed by atoms with E-state index in [9.17, 15) is 9.59 Å². The number of carbonyl (C=O) groups is 2. The minimum absolute atomic E-state index is 0.298. The van der Waals surface area contributed by atoms with E-state index in [0.717, 1.165) is 10.6 Å². The van der Waals surface area contributed by atoms with Crippen molar-refractivity contribution in [3.05, 3.63) is 58.8 Å². The Morgan fingerprint density at radius 3 is 2.74 bits per heavy atom. The molecule has 0 aliphatic carbocycles. The van der Waals surface area contributed by atoms with Gasteiger partial charge in [0.05, 0.1) is 5.56 Å². The van der Waals surface area contributed by atoms with Crippen LogP contribution in [0.4, 0.5) is 0 Å². The maximum Gasteiger partial charge on any atom is 0.340 e. The first-order valence-corrected chi connectivity index (χ1v) is 8.65. The van der Waals surface area contributed by atoms with Crippen LogP contribution in [0.2, 0.25) is 0 Å². The topological polar surface area (TPSA) is 68.3 Å². The van der Waals surface area contributed by atoms with Gasteiger partial charge in [-0.15, -0.1) is 11.8 Å². The number of hydrogen-bond donors (Lipinski definition) is 1. The molecular formula is C16H15BrN2O3S. The van der Waals surface area contributed by atoms with E-state index >= 15 is 0 Å².